The van der Waals surface area contributed by atoms with Gasteiger partial charge in [0.1, 0.15) is 0 Å². The Bertz CT molecular complexity index is 90.7. The quantitative estimate of drug-likeness (QED) is 0.588. The second-order valence-electron chi connectivity index (χ2n) is 3.25. The molecular formula is C9H18O. The van der Waals surface area contributed by atoms with Crippen LogP contribution >= 0.6 is 0 Å². The first kappa shape index (κ1) is 8.06. The Hall–Kier alpha value is -0.0400. The Balaban J connectivity index is 2.27. The standard InChI is InChI=1S/C9H18O/c1-3-5-9-7-10-6-8(9)4-2/h8-9H,3-7H2,1-2H3. The highest BCUT2D eigenvalue weighted by atomic mass is 16.5. The predicted octanol–water partition coefficient (Wildman–Crippen LogP) is 2.46. The van der Waals surface area contributed by atoms with E-state index in [0.717, 1.165) is 25.0 Å². The Morgan fingerprint density at radius 1 is 1.20 bits per heavy atom. The minimum Gasteiger partial charge on any atom is -0.381 e. The first-order chi connectivity index (χ1) is 4.88. The zero-order valence-electron chi connectivity index (χ0n) is 7.10. The zero-order chi connectivity index (χ0) is 7.40. The van der Waals surface area contributed by atoms with Crippen molar-refractivity contribution in [3.8, 4) is 0 Å². The fraction of sp³-hybridized carbons (Fsp3) is 1.00. The predicted molar refractivity (Wildman–Crippen MR) is 43.0 cm³/mol. The molecule has 0 amide bonds. The van der Waals surface area contributed by atoms with Crippen LogP contribution in [-0.4, -0.2) is 13.2 Å². The molecule has 1 aliphatic rings. The average Bonchev–Trinajstić information content (AvgIpc) is 2.36. The molecule has 1 heteroatoms. The molecule has 1 saturated heterocycles. The minimum absolute atomic E-state index is 0.861. The smallest absolute Gasteiger partial charge is 0.0497 e. The van der Waals surface area contributed by atoms with Crippen molar-refractivity contribution in [1.29, 1.82) is 0 Å². The summed E-state index contributed by atoms with van der Waals surface area (Å²) in [5.74, 6) is 1.73. The highest BCUT2D eigenvalue weighted by Crippen LogP contribution is 2.27. The molecule has 0 aliphatic carbocycles. The maximum absolute atomic E-state index is 5.41. The Labute approximate surface area is 63.8 Å². The van der Waals surface area contributed by atoms with Crippen LogP contribution in [0.4, 0.5) is 0 Å². The third-order valence-electron chi connectivity index (χ3n) is 2.51. The molecule has 1 nitrogen and oxygen atoms in total. The van der Waals surface area contributed by atoms with E-state index in [1.54, 1.807) is 0 Å². The summed E-state index contributed by atoms with van der Waals surface area (Å²) in [6.45, 7) is 6.56. The lowest BCUT2D eigenvalue weighted by molar-refractivity contribution is 0.179. The number of hydrogen-bond acceptors (Lipinski definition) is 1. The van der Waals surface area contributed by atoms with Crippen molar-refractivity contribution >= 4 is 0 Å². The lowest BCUT2D eigenvalue weighted by Crippen LogP contribution is -2.10. The second kappa shape index (κ2) is 3.97. The van der Waals surface area contributed by atoms with Crippen molar-refractivity contribution in [2.45, 2.75) is 33.1 Å². The molecule has 2 atom stereocenters. The van der Waals surface area contributed by atoms with Crippen molar-refractivity contribution in [2.75, 3.05) is 13.2 Å². The summed E-state index contributed by atoms with van der Waals surface area (Å²) < 4.78 is 5.41. The van der Waals surface area contributed by atoms with Crippen LogP contribution < -0.4 is 0 Å². The van der Waals surface area contributed by atoms with Gasteiger partial charge in [-0.2, -0.15) is 0 Å². The monoisotopic (exact) mass is 142 g/mol. The third kappa shape index (κ3) is 1.72. The molecule has 1 heterocycles. The van der Waals surface area contributed by atoms with Crippen LogP contribution in [0.5, 0.6) is 0 Å². The van der Waals surface area contributed by atoms with Gasteiger partial charge in [0.25, 0.3) is 0 Å². The van der Waals surface area contributed by atoms with Crippen LogP contribution in [0.3, 0.4) is 0 Å². The molecule has 1 rings (SSSR count). The number of rotatable bonds is 3. The SMILES string of the molecule is CCCC1COCC1CC. The summed E-state index contributed by atoms with van der Waals surface area (Å²) >= 11 is 0. The van der Waals surface area contributed by atoms with Crippen LogP contribution in [0.25, 0.3) is 0 Å². The van der Waals surface area contributed by atoms with E-state index in [0.29, 0.717) is 0 Å². The third-order valence-corrected chi connectivity index (χ3v) is 2.51. The van der Waals surface area contributed by atoms with E-state index in [4.69, 9.17) is 4.74 Å². The molecular weight excluding hydrogens is 124 g/mol. The van der Waals surface area contributed by atoms with Crippen molar-refractivity contribution < 1.29 is 4.74 Å². The van der Waals surface area contributed by atoms with Crippen LogP contribution in [0.15, 0.2) is 0 Å². The van der Waals surface area contributed by atoms with E-state index in [2.05, 4.69) is 13.8 Å². The summed E-state index contributed by atoms with van der Waals surface area (Å²) in [6, 6.07) is 0. The van der Waals surface area contributed by atoms with Crippen molar-refractivity contribution in [2.24, 2.45) is 11.8 Å². The fourth-order valence-corrected chi connectivity index (χ4v) is 1.78. The summed E-state index contributed by atoms with van der Waals surface area (Å²) in [5.41, 5.74) is 0. The summed E-state index contributed by atoms with van der Waals surface area (Å²) in [6.07, 6.45) is 3.97. The lowest BCUT2D eigenvalue weighted by atomic mass is 9.90. The van der Waals surface area contributed by atoms with E-state index < -0.39 is 0 Å². The maximum Gasteiger partial charge on any atom is 0.0497 e. The molecule has 0 spiro atoms. The molecule has 0 N–H and O–H groups in total. The Kier molecular flexibility index (Phi) is 3.20. The van der Waals surface area contributed by atoms with Gasteiger partial charge < -0.3 is 4.74 Å². The van der Waals surface area contributed by atoms with Gasteiger partial charge in [-0.15, -0.1) is 0 Å². The van der Waals surface area contributed by atoms with E-state index in [1.165, 1.54) is 19.3 Å². The van der Waals surface area contributed by atoms with Crippen LogP contribution in [0.1, 0.15) is 33.1 Å². The molecule has 1 fully saturated rings. The van der Waals surface area contributed by atoms with Gasteiger partial charge in [-0.3, -0.25) is 0 Å². The summed E-state index contributed by atoms with van der Waals surface area (Å²) in [5, 5.41) is 0. The van der Waals surface area contributed by atoms with Gasteiger partial charge in [-0.1, -0.05) is 26.7 Å². The van der Waals surface area contributed by atoms with Crippen molar-refractivity contribution in [1.82, 2.24) is 0 Å². The normalized spacial score (nSPS) is 33.0. The van der Waals surface area contributed by atoms with E-state index >= 15 is 0 Å². The Morgan fingerprint density at radius 2 is 1.90 bits per heavy atom. The van der Waals surface area contributed by atoms with Gasteiger partial charge in [0.15, 0.2) is 0 Å². The van der Waals surface area contributed by atoms with Gasteiger partial charge >= 0.3 is 0 Å². The molecule has 0 aromatic rings. The molecule has 2 unspecified atom stereocenters. The van der Waals surface area contributed by atoms with Crippen LogP contribution in [-0.2, 0) is 4.74 Å². The van der Waals surface area contributed by atoms with Gasteiger partial charge in [-0.25, -0.2) is 0 Å². The maximum atomic E-state index is 5.41. The molecule has 0 aromatic heterocycles. The minimum atomic E-state index is 0.861. The van der Waals surface area contributed by atoms with Crippen molar-refractivity contribution in [3.05, 3.63) is 0 Å². The largest absolute Gasteiger partial charge is 0.381 e. The van der Waals surface area contributed by atoms with Crippen molar-refractivity contribution in [3.63, 3.8) is 0 Å². The highest BCUT2D eigenvalue weighted by molar-refractivity contribution is 4.73. The van der Waals surface area contributed by atoms with Gasteiger partial charge in [0.2, 0.25) is 0 Å². The highest BCUT2D eigenvalue weighted by Gasteiger charge is 2.25. The van der Waals surface area contributed by atoms with Crippen LogP contribution in [0.2, 0.25) is 0 Å². The van der Waals surface area contributed by atoms with E-state index in [9.17, 15) is 0 Å². The van der Waals surface area contributed by atoms with Gasteiger partial charge in [0.05, 0.1) is 0 Å². The fourth-order valence-electron chi connectivity index (χ4n) is 1.78. The number of hydrogen-bond donors (Lipinski definition) is 0. The first-order valence-electron chi connectivity index (χ1n) is 4.46. The zero-order valence-corrected chi connectivity index (χ0v) is 7.10. The van der Waals surface area contributed by atoms with Gasteiger partial charge in [0, 0.05) is 13.2 Å². The molecule has 10 heavy (non-hydrogen) atoms. The molecule has 0 radical (unpaired) electrons. The summed E-state index contributed by atoms with van der Waals surface area (Å²) in [4.78, 5) is 0. The number of ether oxygens (including phenoxy) is 1. The molecule has 0 bridgehead atoms. The second-order valence-corrected chi connectivity index (χ2v) is 3.25. The molecule has 0 aromatic carbocycles. The van der Waals surface area contributed by atoms with Crippen LogP contribution in [0, 0.1) is 11.8 Å². The average molecular weight is 142 g/mol. The molecule has 1 aliphatic heterocycles. The van der Waals surface area contributed by atoms with E-state index in [-0.39, 0.29) is 0 Å². The Morgan fingerprint density at radius 3 is 2.50 bits per heavy atom. The van der Waals surface area contributed by atoms with Gasteiger partial charge in [-0.05, 0) is 18.3 Å². The molecule has 60 valence electrons. The topological polar surface area (TPSA) is 9.23 Å². The van der Waals surface area contributed by atoms with E-state index in [1.807, 2.05) is 0 Å². The summed E-state index contributed by atoms with van der Waals surface area (Å²) in [7, 11) is 0. The molecule has 0 saturated carbocycles. The lowest BCUT2D eigenvalue weighted by Gasteiger charge is -2.13. The first-order valence-corrected chi connectivity index (χ1v) is 4.46.